The van der Waals surface area contributed by atoms with Crippen LogP contribution in [0.4, 0.5) is 0 Å². The Balaban J connectivity index is 2.94. The minimum Gasteiger partial charge on any atom is -0.466 e. The molecule has 0 aliphatic carbocycles. The van der Waals surface area contributed by atoms with Crippen molar-refractivity contribution in [2.24, 2.45) is 0 Å². The standard InChI is InChI=1S/C14H17ClO3/c1-4-18-13(17)8-11-5-9(2)6-12(7-11)14(15)10(3)16/h5-7,14H,4,8H2,1-3H3. The fourth-order valence-corrected chi connectivity index (χ4v) is 1.88. The van der Waals surface area contributed by atoms with Crippen molar-refractivity contribution in [3.05, 3.63) is 34.9 Å². The summed E-state index contributed by atoms with van der Waals surface area (Å²) < 4.78 is 4.89. The maximum atomic E-state index is 11.4. The number of carbonyl (C=O) groups excluding carboxylic acids is 2. The first kappa shape index (κ1) is 14.7. The first-order valence-corrected chi connectivity index (χ1v) is 6.28. The molecule has 4 heteroatoms. The molecular formula is C14H17ClO3. The molecule has 0 aromatic heterocycles. The topological polar surface area (TPSA) is 43.4 Å². The molecule has 0 aliphatic rings. The third kappa shape index (κ3) is 4.15. The Hall–Kier alpha value is -1.35. The zero-order valence-electron chi connectivity index (χ0n) is 10.8. The largest absolute Gasteiger partial charge is 0.466 e. The van der Waals surface area contributed by atoms with E-state index < -0.39 is 5.38 Å². The molecule has 0 N–H and O–H groups in total. The fourth-order valence-electron chi connectivity index (χ4n) is 1.76. The van der Waals surface area contributed by atoms with E-state index in [0.717, 1.165) is 16.7 Å². The van der Waals surface area contributed by atoms with E-state index in [1.165, 1.54) is 6.92 Å². The summed E-state index contributed by atoms with van der Waals surface area (Å²) in [5.41, 5.74) is 2.51. The number of ether oxygens (including phenoxy) is 1. The Morgan fingerprint density at radius 3 is 2.56 bits per heavy atom. The van der Waals surface area contributed by atoms with Crippen LogP contribution >= 0.6 is 11.6 Å². The molecule has 0 radical (unpaired) electrons. The van der Waals surface area contributed by atoms with Crippen molar-refractivity contribution >= 4 is 23.4 Å². The second kappa shape index (κ2) is 6.55. The predicted molar refractivity (Wildman–Crippen MR) is 70.8 cm³/mol. The Kier molecular flexibility index (Phi) is 5.35. The SMILES string of the molecule is CCOC(=O)Cc1cc(C)cc(C(Cl)C(C)=O)c1. The van der Waals surface area contributed by atoms with Gasteiger partial charge < -0.3 is 4.74 Å². The van der Waals surface area contributed by atoms with E-state index in [2.05, 4.69) is 0 Å². The molecule has 0 saturated carbocycles. The van der Waals surface area contributed by atoms with Gasteiger partial charge >= 0.3 is 5.97 Å². The third-order valence-electron chi connectivity index (χ3n) is 2.46. The van der Waals surface area contributed by atoms with E-state index in [1.54, 1.807) is 13.0 Å². The number of hydrogen-bond acceptors (Lipinski definition) is 3. The molecule has 1 rings (SSSR count). The Labute approximate surface area is 112 Å². The van der Waals surface area contributed by atoms with Gasteiger partial charge in [0, 0.05) is 0 Å². The summed E-state index contributed by atoms with van der Waals surface area (Å²) in [7, 11) is 0. The molecule has 0 spiro atoms. The molecule has 0 amide bonds. The minimum absolute atomic E-state index is 0.107. The Bertz CT molecular complexity index is 454. The summed E-state index contributed by atoms with van der Waals surface area (Å²) in [5, 5.41) is -0.661. The maximum Gasteiger partial charge on any atom is 0.310 e. The van der Waals surface area contributed by atoms with Crippen LogP contribution in [0.25, 0.3) is 0 Å². The van der Waals surface area contributed by atoms with Crippen LogP contribution in [0.15, 0.2) is 18.2 Å². The van der Waals surface area contributed by atoms with Crippen molar-refractivity contribution in [1.82, 2.24) is 0 Å². The monoisotopic (exact) mass is 268 g/mol. The number of halogens is 1. The van der Waals surface area contributed by atoms with Crippen LogP contribution in [-0.2, 0) is 20.7 Å². The van der Waals surface area contributed by atoms with Crippen molar-refractivity contribution in [3.63, 3.8) is 0 Å². The average molecular weight is 269 g/mol. The predicted octanol–water partition coefficient (Wildman–Crippen LogP) is 2.97. The molecular weight excluding hydrogens is 252 g/mol. The van der Waals surface area contributed by atoms with Gasteiger partial charge in [-0.15, -0.1) is 11.6 Å². The average Bonchev–Trinajstić information content (AvgIpc) is 2.27. The van der Waals surface area contributed by atoms with Gasteiger partial charge in [0.25, 0.3) is 0 Å². The van der Waals surface area contributed by atoms with Crippen molar-refractivity contribution in [1.29, 1.82) is 0 Å². The first-order chi connectivity index (χ1) is 8.43. The second-order valence-corrected chi connectivity index (χ2v) is 4.64. The minimum atomic E-state index is -0.661. The number of esters is 1. The highest BCUT2D eigenvalue weighted by Crippen LogP contribution is 2.24. The maximum absolute atomic E-state index is 11.4. The van der Waals surface area contributed by atoms with E-state index in [9.17, 15) is 9.59 Å². The highest BCUT2D eigenvalue weighted by molar-refractivity contribution is 6.30. The quantitative estimate of drug-likeness (QED) is 0.609. The van der Waals surface area contributed by atoms with Crippen LogP contribution < -0.4 is 0 Å². The molecule has 1 unspecified atom stereocenters. The number of benzene rings is 1. The molecule has 0 heterocycles. The number of aryl methyl sites for hydroxylation is 1. The number of ketones is 1. The lowest BCUT2D eigenvalue weighted by atomic mass is 10.0. The van der Waals surface area contributed by atoms with Crippen LogP contribution in [0.5, 0.6) is 0 Å². The van der Waals surface area contributed by atoms with Crippen LogP contribution in [0.2, 0.25) is 0 Å². The van der Waals surface area contributed by atoms with Gasteiger partial charge in [0.05, 0.1) is 13.0 Å². The normalized spacial score (nSPS) is 12.0. The lowest BCUT2D eigenvalue weighted by Crippen LogP contribution is -2.09. The summed E-state index contributed by atoms with van der Waals surface area (Å²) in [4.78, 5) is 22.7. The zero-order chi connectivity index (χ0) is 13.7. The van der Waals surface area contributed by atoms with Crippen LogP contribution in [0, 0.1) is 6.92 Å². The molecule has 18 heavy (non-hydrogen) atoms. The van der Waals surface area contributed by atoms with Crippen LogP contribution in [0.1, 0.15) is 35.9 Å². The zero-order valence-corrected chi connectivity index (χ0v) is 11.6. The number of hydrogen-bond donors (Lipinski definition) is 0. The summed E-state index contributed by atoms with van der Waals surface area (Å²) in [6.07, 6.45) is 0.198. The molecule has 3 nitrogen and oxygen atoms in total. The summed E-state index contributed by atoms with van der Waals surface area (Å²) >= 11 is 6.02. The first-order valence-electron chi connectivity index (χ1n) is 5.84. The van der Waals surface area contributed by atoms with Gasteiger partial charge in [-0.1, -0.05) is 23.8 Å². The second-order valence-electron chi connectivity index (χ2n) is 4.21. The van der Waals surface area contributed by atoms with Gasteiger partial charge in [-0.2, -0.15) is 0 Å². The molecule has 0 saturated heterocycles. The van der Waals surface area contributed by atoms with Gasteiger partial charge in [0.15, 0.2) is 5.78 Å². The number of alkyl halides is 1. The van der Waals surface area contributed by atoms with E-state index in [1.807, 2.05) is 19.1 Å². The lowest BCUT2D eigenvalue weighted by Gasteiger charge is -2.10. The van der Waals surface area contributed by atoms with Crippen molar-refractivity contribution in [2.45, 2.75) is 32.6 Å². The smallest absolute Gasteiger partial charge is 0.310 e. The Morgan fingerprint density at radius 2 is 2.00 bits per heavy atom. The highest BCUT2D eigenvalue weighted by Gasteiger charge is 2.15. The van der Waals surface area contributed by atoms with E-state index in [-0.39, 0.29) is 18.2 Å². The molecule has 1 atom stereocenters. The molecule has 1 aromatic carbocycles. The molecule has 98 valence electrons. The van der Waals surface area contributed by atoms with Gasteiger partial charge in [0.2, 0.25) is 0 Å². The molecule has 0 aliphatic heterocycles. The van der Waals surface area contributed by atoms with Crippen molar-refractivity contribution < 1.29 is 14.3 Å². The number of Topliss-reactive ketones (excluding diaryl/α,β-unsaturated/α-hetero) is 1. The van der Waals surface area contributed by atoms with Gasteiger partial charge in [-0.05, 0) is 31.9 Å². The Morgan fingerprint density at radius 1 is 1.33 bits per heavy atom. The van der Waals surface area contributed by atoms with Gasteiger partial charge in [-0.3, -0.25) is 9.59 Å². The van der Waals surface area contributed by atoms with Crippen molar-refractivity contribution in [3.8, 4) is 0 Å². The summed E-state index contributed by atoms with van der Waals surface area (Å²) in [6, 6.07) is 5.53. The molecule has 0 fully saturated rings. The van der Waals surface area contributed by atoms with Crippen LogP contribution in [0.3, 0.4) is 0 Å². The van der Waals surface area contributed by atoms with E-state index in [0.29, 0.717) is 6.61 Å². The molecule has 1 aromatic rings. The van der Waals surface area contributed by atoms with Gasteiger partial charge in [-0.25, -0.2) is 0 Å². The van der Waals surface area contributed by atoms with Crippen molar-refractivity contribution in [2.75, 3.05) is 6.61 Å². The summed E-state index contributed by atoms with van der Waals surface area (Å²) in [6.45, 7) is 5.49. The lowest BCUT2D eigenvalue weighted by molar-refractivity contribution is -0.142. The van der Waals surface area contributed by atoms with Gasteiger partial charge in [0.1, 0.15) is 5.38 Å². The van der Waals surface area contributed by atoms with E-state index in [4.69, 9.17) is 16.3 Å². The fraction of sp³-hybridized carbons (Fsp3) is 0.429. The van der Waals surface area contributed by atoms with E-state index >= 15 is 0 Å². The summed E-state index contributed by atoms with van der Waals surface area (Å²) in [5.74, 6) is -0.382. The molecule has 0 bridgehead atoms. The number of carbonyl (C=O) groups is 2. The third-order valence-corrected chi connectivity index (χ3v) is 3.02. The number of rotatable bonds is 5. The van der Waals surface area contributed by atoms with Crippen LogP contribution in [-0.4, -0.2) is 18.4 Å². The highest BCUT2D eigenvalue weighted by atomic mass is 35.5.